The molecular weight excluding hydrogens is 251 g/mol. The van der Waals surface area contributed by atoms with Crippen molar-refractivity contribution >= 4 is 12.1 Å². The maximum atomic E-state index is 12.8. The minimum atomic E-state index is -0.918. The maximum Gasteiger partial charge on any atom is 0.418 e. The van der Waals surface area contributed by atoms with Gasteiger partial charge >= 0.3 is 12.1 Å². The van der Waals surface area contributed by atoms with Crippen LogP contribution in [0.3, 0.4) is 0 Å². The number of urea groups is 1. The number of amides is 3. The summed E-state index contributed by atoms with van der Waals surface area (Å²) in [6.45, 7) is 4.98. The first-order valence-corrected chi connectivity index (χ1v) is 5.73. The first-order chi connectivity index (χ1) is 8.69. The molecular formula is C13H17FN2O3. The summed E-state index contributed by atoms with van der Waals surface area (Å²) in [7, 11) is 0. The molecule has 2 N–H and O–H groups in total. The second-order valence-electron chi connectivity index (χ2n) is 5.03. The van der Waals surface area contributed by atoms with Crippen molar-refractivity contribution in [1.82, 2.24) is 4.90 Å². The minimum Gasteiger partial charge on any atom is -0.443 e. The quantitative estimate of drug-likeness (QED) is 0.896. The van der Waals surface area contributed by atoms with E-state index in [0.29, 0.717) is 5.56 Å². The van der Waals surface area contributed by atoms with Gasteiger partial charge in [-0.05, 0) is 38.5 Å². The molecule has 0 unspecified atom stereocenters. The lowest BCUT2D eigenvalue weighted by Crippen LogP contribution is -2.43. The lowest BCUT2D eigenvalue weighted by atomic mass is 10.2. The summed E-state index contributed by atoms with van der Waals surface area (Å²) in [6, 6.07) is 4.50. The molecule has 0 radical (unpaired) electrons. The van der Waals surface area contributed by atoms with Crippen molar-refractivity contribution in [3.05, 3.63) is 35.6 Å². The van der Waals surface area contributed by atoms with E-state index in [9.17, 15) is 14.0 Å². The molecule has 0 atom stereocenters. The zero-order chi connectivity index (χ0) is 14.6. The summed E-state index contributed by atoms with van der Waals surface area (Å²) in [5.74, 6) is -0.397. The summed E-state index contributed by atoms with van der Waals surface area (Å²) in [5.41, 5.74) is 4.99. The molecule has 0 heterocycles. The number of rotatable bonds is 2. The normalized spacial score (nSPS) is 10.9. The number of nitrogens with two attached hydrogens (primary N) is 1. The van der Waals surface area contributed by atoms with E-state index in [-0.39, 0.29) is 6.54 Å². The summed E-state index contributed by atoms with van der Waals surface area (Å²) in [5, 5.41) is 0. The zero-order valence-electron chi connectivity index (χ0n) is 11.1. The van der Waals surface area contributed by atoms with Gasteiger partial charge in [0, 0.05) is 0 Å². The molecule has 0 aliphatic heterocycles. The van der Waals surface area contributed by atoms with E-state index in [2.05, 4.69) is 0 Å². The molecule has 3 amide bonds. The van der Waals surface area contributed by atoms with Crippen molar-refractivity contribution in [3.8, 4) is 0 Å². The summed E-state index contributed by atoms with van der Waals surface area (Å²) in [4.78, 5) is 23.8. The molecule has 0 bridgehead atoms. The molecule has 1 aromatic carbocycles. The Balaban J connectivity index is 2.81. The van der Waals surface area contributed by atoms with Crippen LogP contribution in [0.2, 0.25) is 0 Å². The Kier molecular flexibility index (Phi) is 4.47. The highest BCUT2D eigenvalue weighted by Crippen LogP contribution is 2.13. The van der Waals surface area contributed by atoms with Crippen molar-refractivity contribution in [2.45, 2.75) is 32.9 Å². The van der Waals surface area contributed by atoms with E-state index in [4.69, 9.17) is 10.5 Å². The number of imide groups is 1. The van der Waals surface area contributed by atoms with Crippen molar-refractivity contribution in [1.29, 1.82) is 0 Å². The van der Waals surface area contributed by atoms with Crippen molar-refractivity contribution in [3.63, 3.8) is 0 Å². The lowest BCUT2D eigenvalue weighted by Gasteiger charge is -2.25. The number of carbonyl (C=O) groups is 2. The predicted molar refractivity (Wildman–Crippen MR) is 67.8 cm³/mol. The third kappa shape index (κ3) is 4.95. The number of hydrogen-bond donors (Lipinski definition) is 1. The van der Waals surface area contributed by atoms with E-state index in [1.54, 1.807) is 20.8 Å². The number of ether oxygens (including phenoxy) is 1. The highest BCUT2D eigenvalue weighted by molar-refractivity contribution is 5.90. The number of primary amides is 1. The van der Waals surface area contributed by atoms with Crippen LogP contribution in [-0.4, -0.2) is 22.6 Å². The van der Waals surface area contributed by atoms with Crippen LogP contribution in [-0.2, 0) is 11.3 Å². The summed E-state index contributed by atoms with van der Waals surface area (Å²) < 4.78 is 17.8. The van der Waals surface area contributed by atoms with Gasteiger partial charge in [-0.2, -0.15) is 0 Å². The number of benzene rings is 1. The fourth-order valence-corrected chi connectivity index (χ4v) is 1.32. The van der Waals surface area contributed by atoms with Crippen LogP contribution < -0.4 is 5.73 Å². The van der Waals surface area contributed by atoms with Gasteiger partial charge in [0.1, 0.15) is 11.4 Å². The Labute approximate surface area is 111 Å². The Morgan fingerprint density at radius 2 is 1.79 bits per heavy atom. The number of halogens is 1. The fourth-order valence-electron chi connectivity index (χ4n) is 1.32. The average molecular weight is 268 g/mol. The molecule has 0 saturated carbocycles. The minimum absolute atomic E-state index is 0.0650. The highest BCUT2D eigenvalue weighted by atomic mass is 19.1. The second kappa shape index (κ2) is 5.69. The van der Waals surface area contributed by atoms with Gasteiger partial charge in [-0.3, -0.25) is 0 Å². The van der Waals surface area contributed by atoms with Crippen molar-refractivity contribution in [2.24, 2.45) is 5.73 Å². The van der Waals surface area contributed by atoms with E-state index in [1.165, 1.54) is 24.3 Å². The van der Waals surface area contributed by atoms with Crippen molar-refractivity contribution < 1.29 is 18.7 Å². The summed E-state index contributed by atoms with van der Waals surface area (Å²) in [6.07, 6.45) is -0.829. The van der Waals surface area contributed by atoms with Crippen LogP contribution in [0.15, 0.2) is 24.3 Å². The maximum absolute atomic E-state index is 12.8. The van der Waals surface area contributed by atoms with Gasteiger partial charge in [-0.1, -0.05) is 12.1 Å². The molecule has 0 aliphatic carbocycles. The second-order valence-corrected chi connectivity index (χ2v) is 5.03. The van der Waals surface area contributed by atoms with Gasteiger partial charge < -0.3 is 10.5 Å². The largest absolute Gasteiger partial charge is 0.443 e. The van der Waals surface area contributed by atoms with Gasteiger partial charge in [0.15, 0.2) is 0 Å². The van der Waals surface area contributed by atoms with Crippen molar-refractivity contribution in [2.75, 3.05) is 0 Å². The molecule has 0 spiro atoms. The molecule has 1 rings (SSSR count). The van der Waals surface area contributed by atoms with E-state index < -0.39 is 23.5 Å². The van der Waals surface area contributed by atoms with Gasteiger partial charge in [0.05, 0.1) is 6.54 Å². The average Bonchev–Trinajstić information content (AvgIpc) is 2.25. The van der Waals surface area contributed by atoms with E-state index >= 15 is 0 Å². The smallest absolute Gasteiger partial charge is 0.418 e. The molecule has 5 nitrogen and oxygen atoms in total. The Hall–Kier alpha value is -2.11. The fraction of sp³-hybridized carbons (Fsp3) is 0.385. The van der Waals surface area contributed by atoms with Gasteiger partial charge in [0.2, 0.25) is 0 Å². The zero-order valence-corrected chi connectivity index (χ0v) is 11.1. The first kappa shape index (κ1) is 14.9. The van der Waals surface area contributed by atoms with Crippen LogP contribution in [0, 0.1) is 5.82 Å². The Morgan fingerprint density at radius 1 is 1.26 bits per heavy atom. The van der Waals surface area contributed by atoms with Crippen LogP contribution in [0.4, 0.5) is 14.0 Å². The number of carbonyl (C=O) groups excluding carboxylic acids is 2. The van der Waals surface area contributed by atoms with Crippen LogP contribution in [0.25, 0.3) is 0 Å². The molecule has 0 aliphatic rings. The third-order valence-corrected chi connectivity index (χ3v) is 2.13. The Bertz CT molecular complexity index is 466. The van der Waals surface area contributed by atoms with Gasteiger partial charge in [-0.15, -0.1) is 0 Å². The van der Waals surface area contributed by atoms with Crippen LogP contribution in [0.1, 0.15) is 26.3 Å². The van der Waals surface area contributed by atoms with Crippen LogP contribution >= 0.6 is 0 Å². The lowest BCUT2D eigenvalue weighted by molar-refractivity contribution is 0.0317. The molecule has 0 fully saturated rings. The monoisotopic (exact) mass is 268 g/mol. The first-order valence-electron chi connectivity index (χ1n) is 5.73. The molecule has 1 aromatic rings. The van der Waals surface area contributed by atoms with Gasteiger partial charge in [0.25, 0.3) is 0 Å². The summed E-state index contributed by atoms with van der Waals surface area (Å²) >= 11 is 0. The van der Waals surface area contributed by atoms with Gasteiger partial charge in [-0.25, -0.2) is 18.9 Å². The predicted octanol–water partition coefficient (Wildman–Crippen LogP) is 2.64. The number of hydrogen-bond acceptors (Lipinski definition) is 3. The SMILES string of the molecule is CC(C)(C)OC(=O)N(Cc1ccc(F)cc1)C(N)=O. The topological polar surface area (TPSA) is 72.6 Å². The van der Waals surface area contributed by atoms with Crippen LogP contribution in [0.5, 0.6) is 0 Å². The molecule has 19 heavy (non-hydrogen) atoms. The molecule has 0 aromatic heterocycles. The Morgan fingerprint density at radius 3 is 2.21 bits per heavy atom. The molecule has 0 saturated heterocycles. The van der Waals surface area contributed by atoms with E-state index in [0.717, 1.165) is 4.90 Å². The highest BCUT2D eigenvalue weighted by Gasteiger charge is 2.25. The third-order valence-electron chi connectivity index (χ3n) is 2.13. The standard InChI is InChI=1S/C13H17FN2O3/c1-13(2,3)19-12(18)16(11(15)17)8-9-4-6-10(14)7-5-9/h4-7H,8H2,1-3H3,(H2,15,17). The molecule has 104 valence electrons. The number of nitrogens with zero attached hydrogens (tertiary/aromatic N) is 1. The molecule has 6 heteroatoms. The van der Waals surface area contributed by atoms with E-state index in [1.807, 2.05) is 0 Å².